The molecule has 1 aromatic rings. The van der Waals surface area contributed by atoms with E-state index in [-0.39, 0.29) is 0 Å². The number of rotatable bonds is 2. The Morgan fingerprint density at radius 1 is 1.29 bits per heavy atom. The minimum Gasteiger partial charge on any atom is -0.260 e. The van der Waals surface area contributed by atoms with Crippen LogP contribution >= 0.6 is 0 Å². The molecular formula is C15H18OS. The molecule has 0 radical (unpaired) electrons. The number of hydrogen-bond donors (Lipinski definition) is 0. The van der Waals surface area contributed by atoms with Crippen LogP contribution in [0.15, 0.2) is 24.3 Å². The van der Waals surface area contributed by atoms with E-state index in [1.54, 1.807) is 0 Å². The lowest BCUT2D eigenvalue weighted by atomic mass is 9.83. The lowest BCUT2D eigenvalue weighted by molar-refractivity contribution is 0.447. The lowest BCUT2D eigenvalue weighted by Crippen LogP contribution is -2.22. The van der Waals surface area contributed by atoms with E-state index in [0.717, 1.165) is 18.4 Å². The van der Waals surface area contributed by atoms with E-state index in [2.05, 4.69) is 18.1 Å². The van der Waals surface area contributed by atoms with Gasteiger partial charge in [-0.25, -0.2) is 0 Å². The predicted molar refractivity (Wildman–Crippen MR) is 73.4 cm³/mol. The van der Waals surface area contributed by atoms with Crippen molar-refractivity contribution >= 4 is 10.8 Å². The molecule has 0 spiro atoms. The Morgan fingerprint density at radius 2 is 2.00 bits per heavy atom. The van der Waals surface area contributed by atoms with Crippen LogP contribution in [0, 0.1) is 12.3 Å². The first-order chi connectivity index (χ1) is 8.20. The maximum absolute atomic E-state index is 11.6. The van der Waals surface area contributed by atoms with E-state index >= 15 is 0 Å². The van der Waals surface area contributed by atoms with Crippen molar-refractivity contribution in [3.63, 3.8) is 0 Å². The Bertz CT molecular complexity index is 441. The largest absolute Gasteiger partial charge is 0.260 e. The first-order valence-electron chi connectivity index (χ1n) is 6.09. The SMILES string of the molecule is C#Cc1ccc(C2CCCC(S(C)=O)C2)cc1. The van der Waals surface area contributed by atoms with E-state index in [0.29, 0.717) is 11.2 Å². The molecule has 3 unspecified atom stereocenters. The van der Waals surface area contributed by atoms with Crippen molar-refractivity contribution in [2.75, 3.05) is 6.26 Å². The van der Waals surface area contributed by atoms with Gasteiger partial charge in [-0.3, -0.25) is 4.21 Å². The van der Waals surface area contributed by atoms with Crippen LogP contribution in [0.2, 0.25) is 0 Å². The van der Waals surface area contributed by atoms with Gasteiger partial charge in [0, 0.05) is 27.9 Å². The standard InChI is InChI=1S/C15H18OS/c1-3-12-7-9-13(10-8-12)14-5-4-6-15(11-14)17(2)16/h1,7-10,14-15H,4-6,11H2,2H3. The molecular weight excluding hydrogens is 228 g/mol. The summed E-state index contributed by atoms with van der Waals surface area (Å²) in [4.78, 5) is 0. The smallest absolute Gasteiger partial charge is 0.0351 e. The Balaban J connectivity index is 2.11. The quantitative estimate of drug-likeness (QED) is 0.733. The second-order valence-electron chi connectivity index (χ2n) is 4.75. The first kappa shape index (κ1) is 12.4. The Morgan fingerprint density at radius 3 is 2.59 bits per heavy atom. The van der Waals surface area contributed by atoms with Crippen LogP contribution in [0.25, 0.3) is 0 Å². The molecule has 0 bridgehead atoms. The third-order valence-corrected chi connectivity index (χ3v) is 5.01. The third kappa shape index (κ3) is 2.98. The van der Waals surface area contributed by atoms with E-state index in [4.69, 9.17) is 6.42 Å². The Hall–Kier alpha value is -1.07. The monoisotopic (exact) mass is 246 g/mol. The normalized spacial score (nSPS) is 26.1. The molecule has 1 aliphatic rings. The zero-order chi connectivity index (χ0) is 12.3. The zero-order valence-corrected chi connectivity index (χ0v) is 11.0. The highest BCUT2D eigenvalue weighted by Gasteiger charge is 2.25. The Labute approximate surface area is 106 Å². The van der Waals surface area contributed by atoms with Gasteiger partial charge in [-0.15, -0.1) is 6.42 Å². The topological polar surface area (TPSA) is 17.1 Å². The lowest BCUT2D eigenvalue weighted by Gasteiger charge is -2.28. The fraction of sp³-hybridized carbons (Fsp3) is 0.467. The average Bonchev–Trinajstić information content (AvgIpc) is 2.39. The summed E-state index contributed by atoms with van der Waals surface area (Å²) in [6.07, 6.45) is 11.7. The molecule has 17 heavy (non-hydrogen) atoms. The molecule has 90 valence electrons. The third-order valence-electron chi connectivity index (χ3n) is 3.64. The van der Waals surface area contributed by atoms with Gasteiger partial charge in [-0.2, -0.15) is 0 Å². The second-order valence-corrected chi connectivity index (χ2v) is 6.41. The van der Waals surface area contributed by atoms with Crippen LogP contribution in [-0.2, 0) is 10.8 Å². The maximum atomic E-state index is 11.6. The van der Waals surface area contributed by atoms with Gasteiger partial charge >= 0.3 is 0 Å². The van der Waals surface area contributed by atoms with Gasteiger partial charge in [0.2, 0.25) is 0 Å². The first-order valence-corrected chi connectivity index (χ1v) is 7.71. The van der Waals surface area contributed by atoms with Crippen molar-refractivity contribution in [3.8, 4) is 12.3 Å². The van der Waals surface area contributed by atoms with Crippen molar-refractivity contribution in [1.29, 1.82) is 0 Å². The van der Waals surface area contributed by atoms with Crippen molar-refractivity contribution in [2.24, 2.45) is 0 Å². The molecule has 1 saturated carbocycles. The molecule has 2 heteroatoms. The molecule has 2 rings (SSSR count). The highest BCUT2D eigenvalue weighted by molar-refractivity contribution is 7.84. The van der Waals surface area contributed by atoms with Crippen LogP contribution in [0.5, 0.6) is 0 Å². The summed E-state index contributed by atoms with van der Waals surface area (Å²) in [6, 6.07) is 8.26. The molecule has 1 aliphatic carbocycles. The molecule has 0 aromatic heterocycles. The minimum atomic E-state index is -0.685. The van der Waals surface area contributed by atoms with E-state index in [1.807, 2.05) is 18.4 Å². The molecule has 0 saturated heterocycles. The van der Waals surface area contributed by atoms with E-state index < -0.39 is 10.8 Å². The highest BCUT2D eigenvalue weighted by atomic mass is 32.2. The van der Waals surface area contributed by atoms with Crippen molar-refractivity contribution in [3.05, 3.63) is 35.4 Å². The molecule has 0 amide bonds. The molecule has 1 nitrogen and oxygen atoms in total. The van der Waals surface area contributed by atoms with Gasteiger partial charge in [-0.1, -0.05) is 24.5 Å². The van der Waals surface area contributed by atoms with Crippen LogP contribution in [0.3, 0.4) is 0 Å². The van der Waals surface area contributed by atoms with E-state index in [1.165, 1.54) is 18.4 Å². The number of hydrogen-bond acceptors (Lipinski definition) is 1. The van der Waals surface area contributed by atoms with Crippen molar-refractivity contribution < 1.29 is 4.21 Å². The van der Waals surface area contributed by atoms with Crippen molar-refractivity contribution in [2.45, 2.75) is 36.9 Å². The van der Waals surface area contributed by atoms with Crippen LogP contribution in [0.4, 0.5) is 0 Å². The zero-order valence-electron chi connectivity index (χ0n) is 10.2. The molecule has 1 aromatic carbocycles. The highest BCUT2D eigenvalue weighted by Crippen LogP contribution is 2.34. The van der Waals surface area contributed by atoms with Gasteiger partial charge in [0.15, 0.2) is 0 Å². The summed E-state index contributed by atoms with van der Waals surface area (Å²) in [6.45, 7) is 0. The summed E-state index contributed by atoms with van der Waals surface area (Å²) in [5.74, 6) is 3.20. The predicted octanol–water partition coefficient (Wildman–Crippen LogP) is 3.07. The molecule has 1 fully saturated rings. The average molecular weight is 246 g/mol. The van der Waals surface area contributed by atoms with Crippen LogP contribution < -0.4 is 0 Å². The fourth-order valence-electron chi connectivity index (χ4n) is 2.60. The molecule has 3 atom stereocenters. The van der Waals surface area contributed by atoms with E-state index in [9.17, 15) is 4.21 Å². The summed E-state index contributed by atoms with van der Waals surface area (Å²) in [5.41, 5.74) is 2.28. The molecule has 0 heterocycles. The summed E-state index contributed by atoms with van der Waals surface area (Å²) < 4.78 is 11.6. The Kier molecular flexibility index (Phi) is 4.02. The molecule has 0 N–H and O–H groups in total. The van der Waals surface area contributed by atoms with Gasteiger partial charge in [0.1, 0.15) is 0 Å². The maximum Gasteiger partial charge on any atom is 0.0351 e. The summed E-state index contributed by atoms with van der Waals surface area (Å²) >= 11 is 0. The fourth-order valence-corrected chi connectivity index (χ4v) is 3.60. The summed E-state index contributed by atoms with van der Waals surface area (Å²) in [5, 5.41) is 0.376. The van der Waals surface area contributed by atoms with Crippen LogP contribution in [-0.4, -0.2) is 15.7 Å². The van der Waals surface area contributed by atoms with Gasteiger partial charge < -0.3 is 0 Å². The number of terminal acetylenes is 1. The second kappa shape index (κ2) is 5.51. The van der Waals surface area contributed by atoms with Crippen molar-refractivity contribution in [1.82, 2.24) is 0 Å². The molecule has 0 aliphatic heterocycles. The van der Waals surface area contributed by atoms with Gasteiger partial charge in [0.05, 0.1) is 0 Å². The number of benzene rings is 1. The minimum absolute atomic E-state index is 0.376. The summed E-state index contributed by atoms with van der Waals surface area (Å²) in [7, 11) is -0.685. The van der Waals surface area contributed by atoms with Gasteiger partial charge in [-0.05, 0) is 42.9 Å². The van der Waals surface area contributed by atoms with Crippen LogP contribution in [0.1, 0.15) is 42.7 Å². The van der Waals surface area contributed by atoms with Gasteiger partial charge in [0.25, 0.3) is 0 Å².